The van der Waals surface area contributed by atoms with Gasteiger partial charge in [0.1, 0.15) is 0 Å². The molecular formula is C62H94N4O. The summed E-state index contributed by atoms with van der Waals surface area (Å²) in [6, 6.07) is 18.4. The maximum atomic E-state index is 7.78. The molecule has 2 aromatic carbocycles. The maximum Gasteiger partial charge on any atom is 0.159 e. The highest BCUT2D eigenvalue weighted by Gasteiger charge is 2.36. The zero-order valence-electron chi connectivity index (χ0n) is 43.2. The van der Waals surface area contributed by atoms with E-state index in [2.05, 4.69) is 101 Å². The molecule has 0 saturated heterocycles. The first-order chi connectivity index (χ1) is 33.1. The Morgan fingerprint density at radius 1 is 0.388 bits per heavy atom. The van der Waals surface area contributed by atoms with Crippen LogP contribution in [0.1, 0.15) is 255 Å². The largest absolute Gasteiger partial charge is 0.365 e. The van der Waals surface area contributed by atoms with Crippen LogP contribution in [0.15, 0.2) is 73.3 Å². The Labute approximate surface area is 410 Å². The van der Waals surface area contributed by atoms with Crippen LogP contribution in [0.3, 0.4) is 0 Å². The molecule has 2 aliphatic carbocycles. The summed E-state index contributed by atoms with van der Waals surface area (Å²) in [5.41, 5.74) is 7.31. The molecule has 2 aliphatic rings. The Morgan fingerprint density at radius 3 is 1.04 bits per heavy atom. The molecule has 2 fully saturated rings. The number of aryl methyl sites for hydroxylation is 2. The van der Waals surface area contributed by atoms with E-state index in [1.165, 1.54) is 215 Å². The van der Waals surface area contributed by atoms with Crippen molar-refractivity contribution in [2.24, 2.45) is 23.7 Å². The van der Waals surface area contributed by atoms with Gasteiger partial charge in [0.2, 0.25) is 0 Å². The third-order valence-corrected chi connectivity index (χ3v) is 15.9. The molecule has 0 aliphatic heterocycles. The van der Waals surface area contributed by atoms with E-state index in [4.69, 9.17) is 24.7 Å². The maximum absolute atomic E-state index is 7.78. The van der Waals surface area contributed by atoms with Gasteiger partial charge in [-0.3, -0.25) is 0 Å². The SMILES string of the molecule is CCCCCCCCCc1cnc(-c2ccc(C(OC(c3ccc(-c4ncc(CCCCCCCCC)cn4)cc3)[C@H]3CC[C@H](CCCCC)CC3)[C@H]3CC[C@H](CCCCC)CC3)cc2)nc1. The fourth-order valence-electron chi connectivity index (χ4n) is 11.5. The molecule has 0 radical (unpaired) electrons. The molecule has 368 valence electrons. The Balaban J connectivity index is 1.18. The second-order valence-electron chi connectivity index (χ2n) is 21.3. The molecule has 0 N–H and O–H groups in total. The van der Waals surface area contributed by atoms with Gasteiger partial charge in [-0.15, -0.1) is 0 Å². The number of nitrogens with zero attached hydrogens (tertiary/aromatic N) is 4. The number of hydrogen-bond acceptors (Lipinski definition) is 5. The van der Waals surface area contributed by atoms with Gasteiger partial charge in [0.05, 0.1) is 12.2 Å². The lowest BCUT2D eigenvalue weighted by atomic mass is 9.74. The van der Waals surface area contributed by atoms with Crippen molar-refractivity contribution >= 4 is 0 Å². The summed E-state index contributed by atoms with van der Waals surface area (Å²) in [6.07, 6.45) is 50.2. The van der Waals surface area contributed by atoms with Crippen LogP contribution < -0.4 is 0 Å². The van der Waals surface area contributed by atoms with Gasteiger partial charge in [0, 0.05) is 35.9 Å². The predicted octanol–water partition coefficient (Wildman–Crippen LogP) is 18.8. The predicted molar refractivity (Wildman–Crippen MR) is 284 cm³/mol. The zero-order chi connectivity index (χ0) is 46.7. The third-order valence-electron chi connectivity index (χ3n) is 15.9. The van der Waals surface area contributed by atoms with Crippen LogP contribution in [0.25, 0.3) is 22.8 Å². The monoisotopic (exact) mass is 911 g/mol. The van der Waals surface area contributed by atoms with Crippen LogP contribution in [-0.2, 0) is 17.6 Å². The topological polar surface area (TPSA) is 60.8 Å². The number of ether oxygens (including phenoxy) is 1. The average molecular weight is 911 g/mol. The lowest BCUT2D eigenvalue weighted by Gasteiger charge is -2.40. The van der Waals surface area contributed by atoms with E-state index in [1.54, 1.807) is 0 Å². The van der Waals surface area contributed by atoms with Gasteiger partial charge in [-0.1, -0.05) is 230 Å². The van der Waals surface area contributed by atoms with Gasteiger partial charge in [0.15, 0.2) is 11.6 Å². The van der Waals surface area contributed by atoms with Crippen molar-refractivity contribution in [2.75, 3.05) is 0 Å². The molecule has 2 saturated carbocycles. The highest BCUT2D eigenvalue weighted by atomic mass is 16.5. The van der Waals surface area contributed by atoms with Crippen LogP contribution >= 0.6 is 0 Å². The fourth-order valence-corrected chi connectivity index (χ4v) is 11.5. The summed E-state index contributed by atoms with van der Waals surface area (Å²) < 4.78 is 7.78. The summed E-state index contributed by atoms with van der Waals surface area (Å²) in [4.78, 5) is 19.5. The minimum absolute atomic E-state index is 0.0510. The number of hydrogen-bond donors (Lipinski definition) is 0. The molecule has 0 amide bonds. The summed E-state index contributed by atoms with van der Waals surface area (Å²) in [7, 11) is 0. The van der Waals surface area contributed by atoms with Crippen molar-refractivity contribution in [1.82, 2.24) is 19.9 Å². The summed E-state index contributed by atoms with van der Waals surface area (Å²) >= 11 is 0. The van der Waals surface area contributed by atoms with Crippen molar-refractivity contribution in [3.63, 3.8) is 0 Å². The molecule has 67 heavy (non-hydrogen) atoms. The molecule has 2 heterocycles. The molecule has 6 rings (SSSR count). The molecular weight excluding hydrogens is 817 g/mol. The number of aromatic nitrogens is 4. The zero-order valence-corrected chi connectivity index (χ0v) is 43.2. The minimum atomic E-state index is 0.0510. The normalized spacial score (nSPS) is 19.6. The second-order valence-corrected chi connectivity index (χ2v) is 21.3. The number of unbranched alkanes of at least 4 members (excludes halogenated alkanes) is 16. The van der Waals surface area contributed by atoms with E-state index >= 15 is 0 Å². The standard InChI is InChI=1S/C62H94N4O/c1-5-9-13-15-17-19-23-27-51-45-63-61(64-46-51)57-41-37-55(38-42-57)59(53-33-29-49(30-34-53)25-21-11-7-3)67-60(54-35-31-50(32-36-54)26-22-12-8-4)56-39-43-58(44-40-56)62-65-47-52(48-66-62)28-24-20-18-16-14-10-6-2/h37-50,53-54,59-60H,5-36H2,1-4H3/t49-,50-,53-,54-,59?,60?. The molecule has 4 aromatic rings. The molecule has 2 atom stereocenters. The summed E-state index contributed by atoms with van der Waals surface area (Å²) in [5, 5.41) is 0. The molecule has 0 bridgehead atoms. The average Bonchev–Trinajstić information content (AvgIpc) is 3.37. The van der Waals surface area contributed by atoms with Crippen molar-refractivity contribution in [3.8, 4) is 22.8 Å². The molecule has 0 spiro atoms. The summed E-state index contributed by atoms with van der Waals surface area (Å²) in [5.74, 6) is 4.38. The van der Waals surface area contributed by atoms with Gasteiger partial charge in [0.25, 0.3) is 0 Å². The first kappa shape index (κ1) is 52.9. The quantitative estimate of drug-likeness (QED) is 0.0457. The highest BCUT2D eigenvalue weighted by Crippen LogP contribution is 2.47. The van der Waals surface area contributed by atoms with Crippen LogP contribution in [0.4, 0.5) is 0 Å². The van der Waals surface area contributed by atoms with E-state index in [0.29, 0.717) is 11.8 Å². The van der Waals surface area contributed by atoms with Crippen molar-refractivity contribution in [2.45, 2.75) is 245 Å². The minimum Gasteiger partial charge on any atom is -0.365 e. The van der Waals surface area contributed by atoms with Gasteiger partial charge in [-0.25, -0.2) is 19.9 Å². The highest BCUT2D eigenvalue weighted by molar-refractivity contribution is 5.56. The Morgan fingerprint density at radius 2 is 0.701 bits per heavy atom. The first-order valence-electron chi connectivity index (χ1n) is 28.6. The molecule has 5 heteroatoms. The van der Waals surface area contributed by atoms with E-state index in [9.17, 15) is 0 Å². The van der Waals surface area contributed by atoms with Gasteiger partial charge >= 0.3 is 0 Å². The molecule has 5 nitrogen and oxygen atoms in total. The van der Waals surface area contributed by atoms with E-state index in [1.807, 2.05) is 0 Å². The van der Waals surface area contributed by atoms with Crippen molar-refractivity contribution in [3.05, 3.63) is 95.6 Å². The first-order valence-corrected chi connectivity index (χ1v) is 28.6. The summed E-state index contributed by atoms with van der Waals surface area (Å²) in [6.45, 7) is 9.23. The lowest BCUT2D eigenvalue weighted by Crippen LogP contribution is -2.28. The Bertz CT molecular complexity index is 1700. The second kappa shape index (κ2) is 30.9. The molecule has 2 unspecified atom stereocenters. The van der Waals surface area contributed by atoms with E-state index < -0.39 is 0 Å². The van der Waals surface area contributed by atoms with Crippen LogP contribution in [0.2, 0.25) is 0 Å². The number of benzene rings is 2. The van der Waals surface area contributed by atoms with Gasteiger partial charge < -0.3 is 4.74 Å². The fraction of sp³-hybridized carbons (Fsp3) is 0.677. The Kier molecular flexibility index (Phi) is 24.4. The van der Waals surface area contributed by atoms with Crippen LogP contribution in [-0.4, -0.2) is 19.9 Å². The van der Waals surface area contributed by atoms with E-state index in [0.717, 1.165) is 47.5 Å². The smallest absolute Gasteiger partial charge is 0.159 e. The third kappa shape index (κ3) is 18.1. The lowest BCUT2D eigenvalue weighted by molar-refractivity contribution is -0.0907. The number of rotatable bonds is 32. The van der Waals surface area contributed by atoms with Crippen molar-refractivity contribution < 1.29 is 4.74 Å². The van der Waals surface area contributed by atoms with Crippen LogP contribution in [0, 0.1) is 23.7 Å². The van der Waals surface area contributed by atoms with E-state index in [-0.39, 0.29) is 12.2 Å². The van der Waals surface area contributed by atoms with Gasteiger partial charge in [-0.2, -0.15) is 0 Å². The van der Waals surface area contributed by atoms with Crippen molar-refractivity contribution in [1.29, 1.82) is 0 Å². The molecule has 2 aromatic heterocycles. The van der Waals surface area contributed by atoms with Crippen LogP contribution in [0.5, 0.6) is 0 Å². The Hall–Kier alpha value is -3.44. The van der Waals surface area contributed by atoms with Gasteiger partial charge in [-0.05, 0) is 97.3 Å².